The number of hydrogen-bond donors (Lipinski definition) is 1. The standard InChI is InChI=1S/C12H20O4/c1-3-5-6-7-9-10(12(14)15)16-11(13)8-4-2/h9H,3-8H2,1-2H3,(H,14,15). The highest BCUT2D eigenvalue weighted by atomic mass is 16.6. The summed E-state index contributed by atoms with van der Waals surface area (Å²) in [6.45, 7) is 3.91. The fraction of sp³-hybridized carbons (Fsp3) is 0.667. The molecule has 0 unspecified atom stereocenters. The Kier molecular flexibility index (Phi) is 8.21. The van der Waals surface area contributed by atoms with E-state index in [1.54, 1.807) is 0 Å². The van der Waals surface area contributed by atoms with Crippen molar-refractivity contribution in [2.24, 2.45) is 0 Å². The van der Waals surface area contributed by atoms with Crippen molar-refractivity contribution in [3.05, 3.63) is 11.8 Å². The second-order valence-corrected chi connectivity index (χ2v) is 3.59. The molecule has 0 radical (unpaired) electrons. The topological polar surface area (TPSA) is 63.6 Å². The average molecular weight is 228 g/mol. The van der Waals surface area contributed by atoms with Crippen LogP contribution in [0.15, 0.2) is 11.8 Å². The molecule has 16 heavy (non-hydrogen) atoms. The van der Waals surface area contributed by atoms with Crippen molar-refractivity contribution < 1.29 is 19.4 Å². The molecule has 0 fully saturated rings. The number of ether oxygens (including phenoxy) is 1. The molecule has 92 valence electrons. The van der Waals surface area contributed by atoms with E-state index in [2.05, 4.69) is 6.92 Å². The monoisotopic (exact) mass is 228 g/mol. The average Bonchev–Trinajstić information content (AvgIpc) is 2.22. The molecule has 0 aromatic rings. The van der Waals surface area contributed by atoms with Gasteiger partial charge in [-0.05, 0) is 25.3 Å². The number of unbranched alkanes of at least 4 members (excludes halogenated alkanes) is 3. The molecule has 0 saturated heterocycles. The first-order valence-electron chi connectivity index (χ1n) is 5.75. The second kappa shape index (κ2) is 8.95. The minimum Gasteiger partial charge on any atom is -0.475 e. The number of hydrogen-bond acceptors (Lipinski definition) is 3. The van der Waals surface area contributed by atoms with E-state index in [1.165, 1.54) is 6.08 Å². The second-order valence-electron chi connectivity index (χ2n) is 3.59. The summed E-state index contributed by atoms with van der Waals surface area (Å²) in [5.41, 5.74) is 0. The molecular formula is C12H20O4. The lowest BCUT2D eigenvalue weighted by Gasteiger charge is -2.03. The van der Waals surface area contributed by atoms with Crippen LogP contribution in [-0.4, -0.2) is 17.0 Å². The van der Waals surface area contributed by atoms with E-state index in [1.807, 2.05) is 6.92 Å². The van der Waals surface area contributed by atoms with E-state index in [0.29, 0.717) is 12.8 Å². The number of allylic oxidation sites excluding steroid dienone is 1. The SMILES string of the molecule is CCCCCC=C(OC(=O)CCC)C(=O)O. The van der Waals surface area contributed by atoms with Crippen molar-refractivity contribution >= 4 is 11.9 Å². The maximum atomic E-state index is 11.1. The Morgan fingerprint density at radius 3 is 2.38 bits per heavy atom. The van der Waals surface area contributed by atoms with Gasteiger partial charge in [0.25, 0.3) is 0 Å². The molecule has 4 heteroatoms. The Morgan fingerprint density at radius 1 is 1.19 bits per heavy atom. The highest BCUT2D eigenvalue weighted by molar-refractivity contribution is 5.87. The molecule has 0 aliphatic carbocycles. The molecule has 0 spiro atoms. The van der Waals surface area contributed by atoms with E-state index >= 15 is 0 Å². The normalized spacial score (nSPS) is 11.2. The van der Waals surface area contributed by atoms with Crippen LogP contribution in [0.3, 0.4) is 0 Å². The lowest BCUT2D eigenvalue weighted by atomic mass is 10.2. The summed E-state index contributed by atoms with van der Waals surface area (Å²) in [5, 5.41) is 8.80. The number of carbonyl (C=O) groups excluding carboxylic acids is 1. The predicted molar refractivity (Wildman–Crippen MR) is 60.9 cm³/mol. The number of esters is 1. The summed E-state index contributed by atoms with van der Waals surface area (Å²) in [6.07, 6.45) is 6.05. The lowest BCUT2D eigenvalue weighted by Crippen LogP contribution is -2.11. The van der Waals surface area contributed by atoms with Gasteiger partial charge in [-0.3, -0.25) is 4.79 Å². The summed E-state index contributed by atoms with van der Waals surface area (Å²) < 4.78 is 4.76. The molecule has 4 nitrogen and oxygen atoms in total. The lowest BCUT2D eigenvalue weighted by molar-refractivity contribution is -0.148. The van der Waals surface area contributed by atoms with Gasteiger partial charge in [0.2, 0.25) is 5.76 Å². The zero-order valence-corrected chi connectivity index (χ0v) is 9.99. The Balaban J connectivity index is 4.15. The maximum Gasteiger partial charge on any atom is 0.371 e. The number of rotatable bonds is 8. The fourth-order valence-corrected chi connectivity index (χ4v) is 1.18. The summed E-state index contributed by atoms with van der Waals surface area (Å²) in [7, 11) is 0. The molecule has 0 bridgehead atoms. The van der Waals surface area contributed by atoms with E-state index in [0.717, 1.165) is 19.3 Å². The highest BCUT2D eigenvalue weighted by Gasteiger charge is 2.12. The molecule has 0 rings (SSSR count). The van der Waals surface area contributed by atoms with Crippen LogP contribution in [0.25, 0.3) is 0 Å². The van der Waals surface area contributed by atoms with Gasteiger partial charge in [0.1, 0.15) is 0 Å². The van der Waals surface area contributed by atoms with Crippen LogP contribution in [0.1, 0.15) is 52.4 Å². The molecule has 0 amide bonds. The van der Waals surface area contributed by atoms with Crippen molar-refractivity contribution in [3.8, 4) is 0 Å². The zero-order valence-electron chi connectivity index (χ0n) is 9.99. The molecule has 0 saturated carbocycles. The van der Waals surface area contributed by atoms with Crippen molar-refractivity contribution in [3.63, 3.8) is 0 Å². The van der Waals surface area contributed by atoms with E-state index < -0.39 is 11.9 Å². The molecule has 0 atom stereocenters. The van der Waals surface area contributed by atoms with Crippen LogP contribution in [0.2, 0.25) is 0 Å². The molecule has 0 aromatic carbocycles. The highest BCUT2D eigenvalue weighted by Crippen LogP contribution is 2.07. The van der Waals surface area contributed by atoms with Crippen molar-refractivity contribution in [1.82, 2.24) is 0 Å². The summed E-state index contributed by atoms with van der Waals surface area (Å²) in [5.74, 6) is -1.90. The van der Waals surface area contributed by atoms with E-state index in [9.17, 15) is 9.59 Å². The zero-order chi connectivity index (χ0) is 12.4. The molecule has 0 aliphatic rings. The van der Waals surface area contributed by atoms with Gasteiger partial charge in [-0.15, -0.1) is 0 Å². The molecule has 0 aromatic heterocycles. The molecule has 0 heterocycles. The Bertz CT molecular complexity index is 256. The minimum absolute atomic E-state index is 0.241. The van der Waals surface area contributed by atoms with Crippen molar-refractivity contribution in [1.29, 1.82) is 0 Å². The minimum atomic E-state index is -1.18. The van der Waals surface area contributed by atoms with Gasteiger partial charge in [-0.25, -0.2) is 4.79 Å². The third-order valence-corrected chi connectivity index (χ3v) is 2.03. The number of aliphatic carboxylic acids is 1. The third kappa shape index (κ3) is 7.04. The van der Waals surface area contributed by atoms with E-state index in [4.69, 9.17) is 9.84 Å². The molecular weight excluding hydrogens is 208 g/mol. The van der Waals surface area contributed by atoms with Gasteiger partial charge in [0.15, 0.2) is 0 Å². The van der Waals surface area contributed by atoms with Crippen molar-refractivity contribution in [2.75, 3.05) is 0 Å². The van der Waals surface area contributed by atoms with Crippen LogP contribution in [0, 0.1) is 0 Å². The van der Waals surface area contributed by atoms with Crippen molar-refractivity contribution in [2.45, 2.75) is 52.4 Å². The Morgan fingerprint density at radius 2 is 1.88 bits per heavy atom. The van der Waals surface area contributed by atoms with Gasteiger partial charge >= 0.3 is 11.9 Å². The quantitative estimate of drug-likeness (QED) is 0.300. The largest absolute Gasteiger partial charge is 0.475 e. The predicted octanol–water partition coefficient (Wildman–Crippen LogP) is 2.88. The first-order chi connectivity index (χ1) is 7.61. The Labute approximate surface area is 96.3 Å². The van der Waals surface area contributed by atoms with Crippen LogP contribution >= 0.6 is 0 Å². The van der Waals surface area contributed by atoms with Crippen LogP contribution < -0.4 is 0 Å². The number of carboxylic acids is 1. The van der Waals surface area contributed by atoms with Gasteiger partial charge in [-0.2, -0.15) is 0 Å². The summed E-state index contributed by atoms with van der Waals surface area (Å²) in [4.78, 5) is 21.9. The fourth-order valence-electron chi connectivity index (χ4n) is 1.18. The van der Waals surface area contributed by atoms with Crippen LogP contribution in [0.5, 0.6) is 0 Å². The van der Waals surface area contributed by atoms with Gasteiger partial charge in [0, 0.05) is 6.42 Å². The van der Waals surface area contributed by atoms with Crippen LogP contribution in [-0.2, 0) is 14.3 Å². The third-order valence-electron chi connectivity index (χ3n) is 2.03. The first-order valence-corrected chi connectivity index (χ1v) is 5.75. The summed E-state index contributed by atoms with van der Waals surface area (Å²) >= 11 is 0. The van der Waals surface area contributed by atoms with Crippen LogP contribution in [0.4, 0.5) is 0 Å². The number of carboxylic acid groups (broad SMARTS) is 1. The Hall–Kier alpha value is -1.32. The first kappa shape index (κ1) is 14.7. The molecule has 0 aliphatic heterocycles. The van der Waals surface area contributed by atoms with E-state index in [-0.39, 0.29) is 12.2 Å². The maximum absolute atomic E-state index is 11.1. The van der Waals surface area contributed by atoms with Gasteiger partial charge in [0.05, 0.1) is 0 Å². The van der Waals surface area contributed by atoms with Gasteiger partial charge < -0.3 is 9.84 Å². The summed E-state index contributed by atoms with van der Waals surface area (Å²) in [6, 6.07) is 0. The number of carbonyl (C=O) groups is 2. The molecule has 1 N–H and O–H groups in total. The van der Waals surface area contributed by atoms with Gasteiger partial charge in [-0.1, -0.05) is 26.7 Å². The smallest absolute Gasteiger partial charge is 0.371 e.